The van der Waals surface area contributed by atoms with Gasteiger partial charge in [-0.05, 0) is 24.3 Å². The largest absolute Gasteiger partial charge is 0.496 e. The van der Waals surface area contributed by atoms with Crippen LogP contribution in [0.3, 0.4) is 0 Å². The highest BCUT2D eigenvalue weighted by atomic mass is 127. The number of sulfone groups is 1. The number of ether oxygens (including phenoxy) is 3. The van der Waals surface area contributed by atoms with Crippen molar-refractivity contribution in [2.24, 2.45) is 0 Å². The van der Waals surface area contributed by atoms with Gasteiger partial charge in [0.25, 0.3) is 3.57 Å². The van der Waals surface area contributed by atoms with Crippen LogP contribution in [0, 0.1) is 7.14 Å². The van der Waals surface area contributed by atoms with Gasteiger partial charge in [-0.3, -0.25) is 0 Å². The molecule has 0 unspecified atom stereocenters. The van der Waals surface area contributed by atoms with E-state index in [2.05, 4.69) is 0 Å². The quantitative estimate of drug-likeness (QED) is 0.544. The highest BCUT2D eigenvalue weighted by Gasteiger charge is 2.28. The van der Waals surface area contributed by atoms with Crippen LogP contribution in [0.2, 0.25) is 0 Å². The minimum absolute atomic E-state index is 0.318. The Morgan fingerprint density at radius 3 is 1.78 bits per heavy atom. The molecule has 0 aromatic heterocycles. The van der Waals surface area contributed by atoms with E-state index in [4.69, 9.17) is 14.2 Å². The van der Waals surface area contributed by atoms with Crippen LogP contribution in [0.5, 0.6) is 17.2 Å². The van der Waals surface area contributed by atoms with E-state index >= 15 is 0 Å². The van der Waals surface area contributed by atoms with Gasteiger partial charge in [-0.2, -0.15) is 0 Å². The molecule has 0 aliphatic heterocycles. The van der Waals surface area contributed by atoms with Crippen molar-refractivity contribution in [1.29, 1.82) is 0 Å². The van der Waals surface area contributed by atoms with Crippen LogP contribution >= 0.6 is 0 Å². The maximum atomic E-state index is 11.5. The molecule has 0 bridgehead atoms. The Labute approximate surface area is 146 Å². The first-order valence-corrected chi connectivity index (χ1v) is 10.7. The maximum Gasteiger partial charge on any atom is 0.366 e. The zero-order chi connectivity index (χ0) is 17.0. The van der Waals surface area contributed by atoms with Gasteiger partial charge in [0.2, 0.25) is 0 Å². The van der Waals surface area contributed by atoms with Gasteiger partial charge in [-0.15, -0.1) is 0 Å². The summed E-state index contributed by atoms with van der Waals surface area (Å²) in [5, 5.41) is 0. The van der Waals surface area contributed by atoms with Gasteiger partial charge in [-0.1, -0.05) is 0 Å². The molecule has 0 heterocycles. The second kappa shape index (κ2) is 7.39. The Balaban J connectivity index is 2.39. The first-order chi connectivity index (χ1) is 10.9. The van der Waals surface area contributed by atoms with Crippen molar-refractivity contribution in [1.82, 2.24) is 0 Å². The lowest BCUT2D eigenvalue weighted by atomic mass is 10.3. The monoisotopic (exact) mass is 449 g/mol. The second-order valence-electron chi connectivity index (χ2n) is 4.67. The third kappa shape index (κ3) is 4.29. The highest BCUT2D eigenvalue weighted by molar-refractivity contribution is 7.90. The van der Waals surface area contributed by atoms with Crippen LogP contribution < -0.4 is 35.4 Å². The van der Waals surface area contributed by atoms with Crippen LogP contribution in [0.4, 0.5) is 0 Å². The summed E-state index contributed by atoms with van der Waals surface area (Å²) in [5.74, 6) is 2.08. The van der Waals surface area contributed by atoms with E-state index in [0.717, 1.165) is 7.14 Å². The van der Waals surface area contributed by atoms with Crippen molar-refractivity contribution < 1.29 is 43.8 Å². The van der Waals surface area contributed by atoms with Gasteiger partial charge < -0.3 is 14.2 Å². The van der Waals surface area contributed by atoms with E-state index in [1.807, 2.05) is 24.3 Å². The average molecular weight is 449 g/mol. The molecular weight excluding hydrogens is 431 g/mol. The van der Waals surface area contributed by atoms with Crippen molar-refractivity contribution in [3.63, 3.8) is 0 Å². The topological polar surface area (TPSA) is 61.8 Å². The molecule has 0 fully saturated rings. The number of halogens is 1. The molecule has 2 aromatic rings. The molecule has 124 valence electrons. The molecule has 0 saturated carbocycles. The fraction of sp³-hybridized carbons (Fsp3) is 0.250. The van der Waals surface area contributed by atoms with E-state index < -0.39 is 31.0 Å². The molecule has 23 heavy (non-hydrogen) atoms. The standard InChI is InChI=1S/C16H18IO5S/c1-20-12-9-14(21-2)16(15(10-12)22-3)17-11-5-7-13(8-6-11)23(4,18)19/h5-10H,1-4H3/q+1. The summed E-state index contributed by atoms with van der Waals surface area (Å²) in [6, 6.07) is 10.6. The number of benzene rings is 2. The molecular formula is C16H18IO5S+. The zero-order valence-electron chi connectivity index (χ0n) is 13.3. The second-order valence-corrected chi connectivity index (χ2v) is 9.55. The Hall–Kier alpha value is -1.48. The van der Waals surface area contributed by atoms with Crippen molar-refractivity contribution in [2.45, 2.75) is 4.90 Å². The molecule has 0 saturated heterocycles. The molecule has 5 nitrogen and oxygen atoms in total. The first kappa shape index (κ1) is 17.9. The SMILES string of the molecule is COc1cc(OC)c([I+]c2ccc(S(C)(=O)=O)cc2)c(OC)c1. The fourth-order valence-corrected chi connectivity index (χ4v) is 5.17. The van der Waals surface area contributed by atoms with Crippen molar-refractivity contribution in [2.75, 3.05) is 27.6 Å². The van der Waals surface area contributed by atoms with Gasteiger partial charge in [-0.25, -0.2) is 8.42 Å². The van der Waals surface area contributed by atoms with E-state index in [1.54, 1.807) is 33.5 Å². The number of methoxy groups -OCH3 is 3. The summed E-state index contributed by atoms with van der Waals surface area (Å²) in [4.78, 5) is 0.318. The Morgan fingerprint density at radius 1 is 0.870 bits per heavy atom. The third-order valence-electron chi connectivity index (χ3n) is 3.10. The summed E-state index contributed by atoms with van der Waals surface area (Å²) in [6.07, 6.45) is 1.20. The summed E-state index contributed by atoms with van der Waals surface area (Å²) in [7, 11) is 1.62. The zero-order valence-corrected chi connectivity index (χ0v) is 16.3. The lowest BCUT2D eigenvalue weighted by Gasteiger charge is -2.08. The van der Waals surface area contributed by atoms with Crippen molar-refractivity contribution in [3.05, 3.63) is 43.5 Å². The van der Waals surface area contributed by atoms with E-state index in [0.29, 0.717) is 22.1 Å². The van der Waals surface area contributed by atoms with Crippen LogP contribution in [0.15, 0.2) is 41.3 Å². The summed E-state index contributed by atoms with van der Waals surface area (Å²) < 4.78 is 41.3. The van der Waals surface area contributed by atoms with E-state index in [1.165, 1.54) is 6.26 Å². The summed E-state index contributed by atoms with van der Waals surface area (Å²) in [5.41, 5.74) is 0. The lowest BCUT2D eigenvalue weighted by Crippen LogP contribution is -3.61. The Morgan fingerprint density at radius 2 is 1.39 bits per heavy atom. The fourth-order valence-electron chi connectivity index (χ4n) is 1.91. The minimum Gasteiger partial charge on any atom is -0.496 e. The lowest BCUT2D eigenvalue weighted by molar-refractivity contribution is -0.598. The maximum absolute atomic E-state index is 11.5. The molecule has 0 radical (unpaired) electrons. The molecule has 0 N–H and O–H groups in total. The van der Waals surface area contributed by atoms with Gasteiger partial charge >= 0.3 is 21.2 Å². The van der Waals surface area contributed by atoms with Crippen molar-refractivity contribution in [3.8, 4) is 17.2 Å². The molecule has 0 amide bonds. The van der Waals surface area contributed by atoms with Crippen LogP contribution in [0.1, 0.15) is 0 Å². The molecule has 0 spiro atoms. The molecule has 0 aliphatic rings. The molecule has 2 aromatic carbocycles. The number of hydrogen-bond acceptors (Lipinski definition) is 5. The number of hydrogen-bond donors (Lipinski definition) is 0. The predicted molar refractivity (Wildman–Crippen MR) is 83.0 cm³/mol. The van der Waals surface area contributed by atoms with Crippen LogP contribution in [-0.4, -0.2) is 36.0 Å². The smallest absolute Gasteiger partial charge is 0.366 e. The molecule has 0 atom stereocenters. The van der Waals surface area contributed by atoms with Crippen LogP contribution in [-0.2, 0) is 9.84 Å². The van der Waals surface area contributed by atoms with Crippen LogP contribution in [0.25, 0.3) is 0 Å². The van der Waals surface area contributed by atoms with E-state index in [-0.39, 0.29) is 0 Å². The Bertz CT molecular complexity index is 760. The van der Waals surface area contributed by atoms with E-state index in [9.17, 15) is 8.42 Å². The molecule has 0 aliphatic carbocycles. The van der Waals surface area contributed by atoms with Gasteiger partial charge in [0.05, 0.1) is 26.2 Å². The first-order valence-electron chi connectivity index (χ1n) is 6.64. The minimum atomic E-state index is -3.18. The third-order valence-corrected chi connectivity index (χ3v) is 7.17. The average Bonchev–Trinajstić information content (AvgIpc) is 2.54. The van der Waals surface area contributed by atoms with Crippen molar-refractivity contribution >= 4 is 9.84 Å². The highest BCUT2D eigenvalue weighted by Crippen LogP contribution is 2.27. The number of rotatable bonds is 6. The Kier molecular flexibility index (Phi) is 5.74. The van der Waals surface area contributed by atoms with Gasteiger partial charge in [0, 0.05) is 18.4 Å². The normalized spacial score (nSPS) is 11.1. The summed E-state index contributed by atoms with van der Waals surface area (Å²) in [6.45, 7) is 0. The van der Waals surface area contributed by atoms with Gasteiger partial charge in [0.15, 0.2) is 24.9 Å². The molecule has 2 rings (SSSR count). The van der Waals surface area contributed by atoms with Gasteiger partial charge in [0.1, 0.15) is 5.75 Å². The molecule has 7 heteroatoms. The summed E-state index contributed by atoms with van der Waals surface area (Å²) >= 11 is -0.595. The predicted octanol–water partition coefficient (Wildman–Crippen LogP) is -0.756.